The Bertz CT molecular complexity index is 1400. The summed E-state index contributed by atoms with van der Waals surface area (Å²) < 4.78 is 34.3. The molecule has 2 aliphatic heterocycles. The normalized spacial score (nSPS) is 20.6. The topological polar surface area (TPSA) is 101 Å². The molecule has 1 amide bonds. The molecule has 2 aliphatic rings. The van der Waals surface area contributed by atoms with Gasteiger partial charge in [0.15, 0.2) is 11.5 Å². The second-order valence-electron chi connectivity index (χ2n) is 10.0. The number of hydrogen-bond donors (Lipinski definition) is 2. The van der Waals surface area contributed by atoms with E-state index in [1.54, 1.807) is 6.07 Å². The molecular weight excluding hydrogens is 466 g/mol. The Labute approximate surface area is 205 Å². The first-order valence-electron chi connectivity index (χ1n) is 11.9. The van der Waals surface area contributed by atoms with Gasteiger partial charge in [0.2, 0.25) is 0 Å². The zero-order chi connectivity index (χ0) is 24.9. The average molecular weight is 498 g/mol. The number of benzene rings is 2. The molecule has 0 spiro atoms. The van der Waals surface area contributed by atoms with Crippen LogP contribution in [-0.4, -0.2) is 50.7 Å². The molecule has 2 atom stereocenters. The highest BCUT2D eigenvalue weighted by atomic mass is 32.2. The fraction of sp³-hybridized carbons (Fsp3) is 0.423. The minimum atomic E-state index is -3.80. The third-order valence-electron chi connectivity index (χ3n) is 6.78. The highest BCUT2D eigenvalue weighted by Crippen LogP contribution is 2.43. The molecular formula is C26H31N3O5S. The van der Waals surface area contributed by atoms with Gasteiger partial charge in [-0.25, -0.2) is 0 Å². The molecule has 0 saturated carbocycles. The van der Waals surface area contributed by atoms with Gasteiger partial charge in [0.05, 0.1) is 18.9 Å². The van der Waals surface area contributed by atoms with Crippen LogP contribution in [0.3, 0.4) is 0 Å². The first kappa shape index (κ1) is 23.7. The summed E-state index contributed by atoms with van der Waals surface area (Å²) in [6, 6.07) is 10.1. The molecule has 3 heterocycles. The van der Waals surface area contributed by atoms with Crippen LogP contribution >= 0.6 is 0 Å². The van der Waals surface area contributed by atoms with Crippen molar-refractivity contribution < 1.29 is 22.1 Å². The number of nitrogens with one attached hydrogen (secondary N) is 2. The lowest BCUT2D eigenvalue weighted by atomic mass is 9.91. The minimum absolute atomic E-state index is 0.0514. The Morgan fingerprint density at radius 2 is 1.86 bits per heavy atom. The molecule has 0 radical (unpaired) electrons. The zero-order valence-electron chi connectivity index (χ0n) is 20.5. The number of carbonyl (C=O) groups is 1. The zero-order valence-corrected chi connectivity index (χ0v) is 21.3. The number of rotatable bonds is 6. The summed E-state index contributed by atoms with van der Waals surface area (Å²) in [7, 11) is -2.35. The number of nitrogens with zero attached hydrogens (tertiary/aromatic N) is 1. The molecule has 1 aromatic heterocycles. The summed E-state index contributed by atoms with van der Waals surface area (Å²) >= 11 is 0. The summed E-state index contributed by atoms with van der Waals surface area (Å²) in [5.74, 6) is 1.45. The molecule has 2 N–H and O–H groups in total. The van der Waals surface area contributed by atoms with Crippen molar-refractivity contribution >= 4 is 26.9 Å². The van der Waals surface area contributed by atoms with E-state index in [4.69, 9.17) is 8.92 Å². The van der Waals surface area contributed by atoms with Gasteiger partial charge in [0.1, 0.15) is 0 Å². The Hall–Kier alpha value is -3.04. The highest BCUT2D eigenvalue weighted by molar-refractivity contribution is 7.86. The molecule has 1 fully saturated rings. The molecule has 0 aliphatic carbocycles. The van der Waals surface area contributed by atoms with E-state index in [1.165, 1.54) is 19.1 Å². The predicted molar refractivity (Wildman–Crippen MR) is 135 cm³/mol. The molecule has 3 aromatic rings. The first-order valence-corrected chi connectivity index (χ1v) is 13.7. The Morgan fingerprint density at radius 1 is 1.11 bits per heavy atom. The molecule has 35 heavy (non-hydrogen) atoms. The van der Waals surface area contributed by atoms with Crippen LogP contribution < -0.4 is 14.2 Å². The van der Waals surface area contributed by atoms with Crippen molar-refractivity contribution in [1.29, 1.82) is 0 Å². The van der Waals surface area contributed by atoms with Gasteiger partial charge in [-0.15, -0.1) is 0 Å². The van der Waals surface area contributed by atoms with Crippen LogP contribution in [0.25, 0.3) is 22.2 Å². The highest BCUT2D eigenvalue weighted by Gasteiger charge is 2.32. The van der Waals surface area contributed by atoms with Crippen molar-refractivity contribution in [3.63, 3.8) is 0 Å². The Balaban J connectivity index is 1.53. The summed E-state index contributed by atoms with van der Waals surface area (Å²) in [5, 5.41) is 3.83. The van der Waals surface area contributed by atoms with Crippen molar-refractivity contribution in [2.75, 3.05) is 26.5 Å². The molecule has 2 aromatic carbocycles. The predicted octanol–water partition coefficient (Wildman–Crippen LogP) is 3.90. The summed E-state index contributed by atoms with van der Waals surface area (Å²) in [6.07, 6.45) is 2.25. The number of likely N-dealkylation sites (tertiary alicyclic amines) is 1. The van der Waals surface area contributed by atoms with Crippen molar-refractivity contribution in [3.05, 3.63) is 47.0 Å². The summed E-state index contributed by atoms with van der Waals surface area (Å²) in [6.45, 7) is 7.95. The third-order valence-corrected chi connectivity index (χ3v) is 7.25. The van der Waals surface area contributed by atoms with Crippen LogP contribution in [0.2, 0.25) is 0 Å². The number of carbonyl (C=O) groups excluding carboxylic acids is 1. The summed E-state index contributed by atoms with van der Waals surface area (Å²) in [5.41, 5.74) is 4.49. The van der Waals surface area contributed by atoms with Gasteiger partial charge in [-0.05, 0) is 48.1 Å². The molecule has 1 saturated heterocycles. The van der Waals surface area contributed by atoms with E-state index in [9.17, 15) is 13.2 Å². The van der Waals surface area contributed by atoms with Crippen LogP contribution in [0, 0.1) is 11.8 Å². The lowest BCUT2D eigenvalue weighted by Crippen LogP contribution is -2.38. The average Bonchev–Trinajstić information content (AvgIpc) is 3.36. The van der Waals surface area contributed by atoms with E-state index < -0.39 is 10.1 Å². The van der Waals surface area contributed by atoms with Crippen LogP contribution in [-0.2, 0) is 23.2 Å². The number of fused-ring (bicyclic) bond motifs is 2. The van der Waals surface area contributed by atoms with Crippen molar-refractivity contribution in [2.24, 2.45) is 11.8 Å². The Kier molecular flexibility index (Phi) is 6.01. The number of piperidine rings is 1. The fourth-order valence-corrected chi connectivity index (χ4v) is 6.08. The van der Waals surface area contributed by atoms with Crippen molar-refractivity contribution in [3.8, 4) is 22.8 Å². The second-order valence-corrected chi connectivity index (χ2v) is 11.6. The number of amides is 1. The third kappa shape index (κ3) is 4.75. The van der Waals surface area contributed by atoms with E-state index in [0.717, 1.165) is 42.5 Å². The standard InChI is InChI=1S/C26H31N3O5S/c1-15-7-16(2)13-29(12-15)14-17-5-6-21-18(8-17)9-22(28-21)19-10-23(33-3)25(34-35(4,31)32)20-11-27-26(30)24(19)20/h5-6,8-10,15-16,28H,7,11-14H2,1-4H3,(H,27,30). The molecule has 2 unspecified atom stereocenters. The molecule has 9 heteroatoms. The molecule has 0 bridgehead atoms. The second kappa shape index (κ2) is 8.87. The van der Waals surface area contributed by atoms with E-state index in [-0.39, 0.29) is 24.0 Å². The number of ether oxygens (including phenoxy) is 1. The Morgan fingerprint density at radius 3 is 2.54 bits per heavy atom. The maximum atomic E-state index is 12.7. The number of H-pyrrole nitrogens is 1. The van der Waals surface area contributed by atoms with Gasteiger partial charge in [0, 0.05) is 53.9 Å². The molecule has 8 nitrogen and oxygen atoms in total. The quantitative estimate of drug-likeness (QED) is 0.501. The van der Waals surface area contributed by atoms with Gasteiger partial charge in [-0.3, -0.25) is 9.69 Å². The minimum Gasteiger partial charge on any atom is -0.493 e. The van der Waals surface area contributed by atoms with Gasteiger partial charge in [-0.1, -0.05) is 19.9 Å². The first-order chi connectivity index (χ1) is 16.6. The number of aromatic amines is 1. The van der Waals surface area contributed by atoms with Gasteiger partial charge in [-0.2, -0.15) is 8.42 Å². The maximum absolute atomic E-state index is 12.7. The van der Waals surface area contributed by atoms with Crippen LogP contribution in [0.4, 0.5) is 0 Å². The van der Waals surface area contributed by atoms with E-state index >= 15 is 0 Å². The number of aromatic nitrogens is 1. The lowest BCUT2D eigenvalue weighted by molar-refractivity contribution is 0.0966. The lowest BCUT2D eigenvalue weighted by Gasteiger charge is -2.35. The van der Waals surface area contributed by atoms with E-state index in [1.807, 2.05) is 6.07 Å². The van der Waals surface area contributed by atoms with Crippen molar-refractivity contribution in [2.45, 2.75) is 33.4 Å². The van der Waals surface area contributed by atoms with Crippen LogP contribution in [0.5, 0.6) is 11.5 Å². The smallest absolute Gasteiger partial charge is 0.306 e. The van der Waals surface area contributed by atoms with Gasteiger partial charge < -0.3 is 19.2 Å². The largest absolute Gasteiger partial charge is 0.493 e. The molecule has 5 rings (SSSR count). The molecule has 186 valence electrons. The number of methoxy groups -OCH3 is 1. The number of hydrogen-bond acceptors (Lipinski definition) is 6. The van der Waals surface area contributed by atoms with E-state index in [2.05, 4.69) is 47.2 Å². The maximum Gasteiger partial charge on any atom is 0.306 e. The monoisotopic (exact) mass is 497 g/mol. The van der Waals surface area contributed by atoms with Crippen molar-refractivity contribution in [1.82, 2.24) is 15.2 Å². The van der Waals surface area contributed by atoms with Gasteiger partial charge >= 0.3 is 10.1 Å². The van der Waals surface area contributed by atoms with Crippen LogP contribution in [0.15, 0.2) is 30.3 Å². The van der Waals surface area contributed by atoms with Gasteiger partial charge in [0.25, 0.3) is 5.91 Å². The van der Waals surface area contributed by atoms with Crippen LogP contribution in [0.1, 0.15) is 41.8 Å². The van der Waals surface area contributed by atoms with E-state index in [0.29, 0.717) is 28.5 Å². The summed E-state index contributed by atoms with van der Waals surface area (Å²) in [4.78, 5) is 18.7. The fourth-order valence-electron chi connectivity index (χ4n) is 5.59. The SMILES string of the molecule is COc1cc(-c2cc3cc(CN4CC(C)CC(C)C4)ccc3[nH]2)c2c(c1OS(C)(=O)=O)CNC2=O.